The minimum Gasteiger partial charge on any atom is -0.396 e. The lowest BCUT2D eigenvalue weighted by molar-refractivity contribution is 0.283. The zero-order chi connectivity index (χ0) is 11.2. The van der Waals surface area contributed by atoms with E-state index in [2.05, 4.69) is 29.6 Å². The summed E-state index contributed by atoms with van der Waals surface area (Å²) in [6, 6.07) is 8.99. The average molecular weight is 219 g/mol. The second-order valence-electron chi connectivity index (χ2n) is 4.62. The molecule has 1 aliphatic carbocycles. The van der Waals surface area contributed by atoms with Crippen molar-refractivity contribution >= 4 is 0 Å². The van der Waals surface area contributed by atoms with E-state index in [-0.39, 0.29) is 0 Å². The van der Waals surface area contributed by atoms with Crippen LogP contribution in [0.1, 0.15) is 42.7 Å². The highest BCUT2D eigenvalue weighted by Gasteiger charge is 2.22. The Hall–Kier alpha value is -0.860. The largest absolute Gasteiger partial charge is 0.396 e. The van der Waals surface area contributed by atoms with Crippen LogP contribution in [0.3, 0.4) is 0 Å². The van der Waals surface area contributed by atoms with Crippen LogP contribution in [0.5, 0.6) is 0 Å². The van der Waals surface area contributed by atoms with Gasteiger partial charge in [-0.15, -0.1) is 0 Å². The summed E-state index contributed by atoms with van der Waals surface area (Å²) in [5.41, 5.74) is 2.86. The van der Waals surface area contributed by atoms with Gasteiger partial charge in [0.15, 0.2) is 0 Å². The molecule has 0 spiro atoms. The molecule has 16 heavy (non-hydrogen) atoms. The fourth-order valence-corrected chi connectivity index (χ4v) is 1.92. The van der Waals surface area contributed by atoms with Gasteiger partial charge in [0.25, 0.3) is 0 Å². The standard InChI is InChI=1S/C14H21NO/c16-10-2-1-9-15-11-12-3-5-13(6-4-12)14-7-8-14/h3-6,14-16H,1-2,7-11H2. The second-order valence-corrected chi connectivity index (χ2v) is 4.62. The molecule has 2 rings (SSSR count). The molecule has 1 saturated carbocycles. The van der Waals surface area contributed by atoms with Crippen molar-refractivity contribution in [2.24, 2.45) is 0 Å². The fourth-order valence-electron chi connectivity index (χ4n) is 1.92. The van der Waals surface area contributed by atoms with Crippen LogP contribution < -0.4 is 5.32 Å². The first kappa shape index (κ1) is 11.6. The summed E-state index contributed by atoms with van der Waals surface area (Å²) in [4.78, 5) is 0. The predicted octanol–water partition coefficient (Wildman–Crippen LogP) is 2.43. The van der Waals surface area contributed by atoms with Crippen molar-refractivity contribution in [1.82, 2.24) is 5.32 Å². The van der Waals surface area contributed by atoms with E-state index in [1.54, 1.807) is 0 Å². The molecule has 0 unspecified atom stereocenters. The van der Waals surface area contributed by atoms with E-state index in [0.717, 1.165) is 31.8 Å². The molecule has 1 aliphatic rings. The lowest BCUT2D eigenvalue weighted by atomic mass is 10.1. The minimum atomic E-state index is 0.303. The van der Waals surface area contributed by atoms with Gasteiger partial charge in [0.2, 0.25) is 0 Å². The molecule has 1 fully saturated rings. The molecule has 88 valence electrons. The molecule has 0 amide bonds. The molecule has 0 bridgehead atoms. The molecule has 2 nitrogen and oxygen atoms in total. The maximum Gasteiger partial charge on any atom is 0.0431 e. The van der Waals surface area contributed by atoms with Crippen LogP contribution in [-0.2, 0) is 6.54 Å². The van der Waals surface area contributed by atoms with Crippen molar-refractivity contribution in [2.75, 3.05) is 13.2 Å². The maximum absolute atomic E-state index is 8.64. The third-order valence-electron chi connectivity index (χ3n) is 3.12. The van der Waals surface area contributed by atoms with Gasteiger partial charge in [-0.25, -0.2) is 0 Å². The maximum atomic E-state index is 8.64. The summed E-state index contributed by atoms with van der Waals surface area (Å²) >= 11 is 0. The first-order valence-corrected chi connectivity index (χ1v) is 6.30. The molecule has 1 aromatic carbocycles. The molecule has 0 heterocycles. The zero-order valence-electron chi connectivity index (χ0n) is 9.78. The van der Waals surface area contributed by atoms with Crippen LogP contribution in [-0.4, -0.2) is 18.3 Å². The number of nitrogens with one attached hydrogen (secondary N) is 1. The van der Waals surface area contributed by atoms with Gasteiger partial charge in [-0.1, -0.05) is 24.3 Å². The van der Waals surface area contributed by atoms with Crippen LogP contribution in [0.4, 0.5) is 0 Å². The highest BCUT2D eigenvalue weighted by molar-refractivity contribution is 5.27. The summed E-state index contributed by atoms with van der Waals surface area (Å²) in [6.45, 7) is 2.24. The Bertz CT molecular complexity index is 303. The monoisotopic (exact) mass is 219 g/mol. The Balaban J connectivity index is 1.68. The normalized spacial score (nSPS) is 15.3. The minimum absolute atomic E-state index is 0.303. The third kappa shape index (κ3) is 3.62. The van der Waals surface area contributed by atoms with E-state index in [9.17, 15) is 0 Å². The Morgan fingerprint density at radius 3 is 2.50 bits per heavy atom. The van der Waals surface area contributed by atoms with Gasteiger partial charge >= 0.3 is 0 Å². The van der Waals surface area contributed by atoms with Crippen LogP contribution in [0.25, 0.3) is 0 Å². The lowest BCUT2D eigenvalue weighted by Gasteiger charge is -2.05. The summed E-state index contributed by atoms with van der Waals surface area (Å²) in [5, 5.41) is 12.0. The number of aliphatic hydroxyl groups excluding tert-OH is 1. The van der Waals surface area contributed by atoms with Crippen molar-refractivity contribution in [1.29, 1.82) is 0 Å². The molecule has 0 atom stereocenters. The SMILES string of the molecule is OCCCCNCc1ccc(C2CC2)cc1. The Kier molecular flexibility index (Phi) is 4.37. The van der Waals surface area contributed by atoms with Gasteiger partial charge < -0.3 is 10.4 Å². The van der Waals surface area contributed by atoms with Crippen LogP contribution in [0.15, 0.2) is 24.3 Å². The Morgan fingerprint density at radius 2 is 1.88 bits per heavy atom. The van der Waals surface area contributed by atoms with Crippen molar-refractivity contribution in [2.45, 2.75) is 38.1 Å². The first-order chi connectivity index (χ1) is 7.90. The Morgan fingerprint density at radius 1 is 1.12 bits per heavy atom. The van der Waals surface area contributed by atoms with E-state index < -0.39 is 0 Å². The molecule has 0 radical (unpaired) electrons. The van der Waals surface area contributed by atoms with E-state index in [0.29, 0.717) is 6.61 Å². The van der Waals surface area contributed by atoms with Crippen LogP contribution in [0, 0.1) is 0 Å². The molecular weight excluding hydrogens is 198 g/mol. The smallest absolute Gasteiger partial charge is 0.0431 e. The number of benzene rings is 1. The predicted molar refractivity (Wildman–Crippen MR) is 66.4 cm³/mol. The molecule has 0 aromatic heterocycles. The topological polar surface area (TPSA) is 32.3 Å². The Labute approximate surface area is 97.7 Å². The third-order valence-corrected chi connectivity index (χ3v) is 3.12. The van der Waals surface area contributed by atoms with Crippen molar-refractivity contribution in [3.63, 3.8) is 0 Å². The summed E-state index contributed by atoms with van der Waals surface area (Å²) in [7, 11) is 0. The lowest BCUT2D eigenvalue weighted by Crippen LogP contribution is -2.14. The van der Waals surface area contributed by atoms with Crippen molar-refractivity contribution in [3.8, 4) is 0 Å². The zero-order valence-corrected chi connectivity index (χ0v) is 9.78. The highest BCUT2D eigenvalue weighted by Crippen LogP contribution is 2.39. The summed E-state index contributed by atoms with van der Waals surface area (Å²) < 4.78 is 0. The average Bonchev–Trinajstić information content (AvgIpc) is 3.14. The number of rotatable bonds is 7. The number of aliphatic hydroxyl groups is 1. The van der Waals surface area contributed by atoms with Gasteiger partial charge in [0, 0.05) is 13.2 Å². The van der Waals surface area contributed by atoms with Crippen LogP contribution in [0.2, 0.25) is 0 Å². The molecule has 2 N–H and O–H groups in total. The summed E-state index contributed by atoms with van der Waals surface area (Å²) in [6.07, 6.45) is 4.70. The van der Waals surface area contributed by atoms with Gasteiger partial charge in [0.1, 0.15) is 0 Å². The molecule has 0 aliphatic heterocycles. The fraction of sp³-hybridized carbons (Fsp3) is 0.571. The summed E-state index contributed by atoms with van der Waals surface area (Å²) in [5.74, 6) is 0.853. The quantitative estimate of drug-likeness (QED) is 0.690. The highest BCUT2D eigenvalue weighted by atomic mass is 16.2. The van der Waals surface area contributed by atoms with Crippen molar-refractivity contribution in [3.05, 3.63) is 35.4 Å². The van der Waals surface area contributed by atoms with E-state index in [4.69, 9.17) is 5.11 Å². The second kappa shape index (κ2) is 6.02. The van der Waals surface area contributed by atoms with Gasteiger partial charge in [-0.05, 0) is 49.3 Å². The van der Waals surface area contributed by atoms with E-state index >= 15 is 0 Å². The first-order valence-electron chi connectivity index (χ1n) is 6.30. The van der Waals surface area contributed by atoms with E-state index in [1.165, 1.54) is 24.0 Å². The molecule has 2 heteroatoms. The molecular formula is C14H21NO. The number of hydrogen-bond donors (Lipinski definition) is 2. The molecule has 0 saturated heterocycles. The van der Waals surface area contributed by atoms with Crippen LogP contribution >= 0.6 is 0 Å². The van der Waals surface area contributed by atoms with Gasteiger partial charge in [-0.2, -0.15) is 0 Å². The van der Waals surface area contributed by atoms with Crippen molar-refractivity contribution < 1.29 is 5.11 Å². The number of unbranched alkanes of at least 4 members (excludes halogenated alkanes) is 1. The molecule has 1 aromatic rings. The van der Waals surface area contributed by atoms with Gasteiger partial charge in [0.05, 0.1) is 0 Å². The van der Waals surface area contributed by atoms with Gasteiger partial charge in [-0.3, -0.25) is 0 Å². The van der Waals surface area contributed by atoms with E-state index in [1.807, 2.05) is 0 Å². The number of hydrogen-bond acceptors (Lipinski definition) is 2.